The van der Waals surface area contributed by atoms with Crippen LogP contribution in [0.5, 0.6) is 0 Å². The first-order valence-electron chi connectivity index (χ1n) is 35.3. The summed E-state index contributed by atoms with van der Waals surface area (Å²) < 4.78 is 112. The number of epoxide rings is 1. The summed E-state index contributed by atoms with van der Waals surface area (Å²) >= 11 is 0. The van der Waals surface area contributed by atoms with Gasteiger partial charge in [-0.3, -0.25) is 8.98 Å². The van der Waals surface area contributed by atoms with Gasteiger partial charge in [0.25, 0.3) is 25.6 Å². The van der Waals surface area contributed by atoms with E-state index in [4.69, 9.17) is 98.0 Å². The van der Waals surface area contributed by atoms with Crippen LogP contribution in [-0.2, 0) is 144 Å². The Morgan fingerprint density at radius 1 is 0.479 bits per heavy atom. The van der Waals surface area contributed by atoms with Crippen LogP contribution < -0.4 is 108 Å². The second kappa shape index (κ2) is 52.3. The van der Waals surface area contributed by atoms with Crippen LogP contribution in [-0.4, -0.2) is 158 Å². The monoisotopic (exact) mass is 1750 g/mol. The number of hydrogen-bond donors (Lipinski definition) is 7. The van der Waals surface area contributed by atoms with Gasteiger partial charge in [0.2, 0.25) is 23.0 Å². The molecular formula is C83H84ClK2NO30S2. The summed E-state index contributed by atoms with van der Waals surface area (Å²) in [5, 5.41) is 80.7. The van der Waals surface area contributed by atoms with Crippen molar-refractivity contribution in [1.82, 2.24) is 0 Å². The van der Waals surface area contributed by atoms with E-state index >= 15 is 0 Å². The number of hydrogen-bond acceptors (Lipinski definition) is 31. The molecule has 0 saturated carbocycles. The van der Waals surface area contributed by atoms with Gasteiger partial charge in [-0.15, -0.1) is 0 Å². The zero-order valence-corrected chi connectivity index (χ0v) is 73.5. The molecule has 0 bridgehead atoms. The van der Waals surface area contributed by atoms with Gasteiger partial charge >= 0.3 is 127 Å². The van der Waals surface area contributed by atoms with Crippen molar-refractivity contribution in [1.29, 1.82) is 5.26 Å². The minimum atomic E-state index is -4.14. The van der Waals surface area contributed by atoms with E-state index < -0.39 is 117 Å². The Morgan fingerprint density at radius 2 is 0.765 bits per heavy atom. The number of carbonyl (C=O) groups excluding carboxylic acids is 5. The molecule has 1 fully saturated rings. The average Bonchev–Trinajstić information content (AvgIpc) is 1.65. The van der Waals surface area contributed by atoms with E-state index in [2.05, 4.69) is 9.62 Å². The first kappa shape index (κ1) is 101. The molecule has 0 aliphatic carbocycles. The van der Waals surface area contributed by atoms with Gasteiger partial charge in [0, 0.05) is 17.6 Å². The van der Waals surface area contributed by atoms with E-state index in [1.165, 1.54) is 31.2 Å². The molecule has 0 radical (unpaired) electrons. The number of halogens is 1. The maximum atomic E-state index is 12.6. The predicted octanol–water partition coefficient (Wildman–Crippen LogP) is 2.10. The number of aliphatic hydroxyl groups is 7. The fourth-order valence-electron chi connectivity index (χ4n) is 10.2. The van der Waals surface area contributed by atoms with Gasteiger partial charge in [-0.25, -0.2) is 27.6 Å². The topological polar surface area (TPSA) is 465 Å². The molecule has 8 aromatic carbocycles. The third-order valence-electron chi connectivity index (χ3n) is 16.2. The Bertz CT molecular complexity index is 4930. The van der Waals surface area contributed by atoms with Crippen LogP contribution in [0.1, 0.15) is 52.9 Å². The van der Waals surface area contributed by atoms with E-state index in [1.54, 1.807) is 30.3 Å². The molecule has 5 aliphatic heterocycles. The van der Waals surface area contributed by atoms with Crippen LogP contribution in [0.4, 0.5) is 0 Å². The third-order valence-corrected chi connectivity index (χ3v) is 18.9. The molecule has 13 rings (SSSR count). The largest absolute Gasteiger partial charge is 1.00 e. The molecule has 1 saturated heterocycles. The predicted molar refractivity (Wildman–Crippen MR) is 410 cm³/mol. The van der Waals surface area contributed by atoms with E-state index in [-0.39, 0.29) is 188 Å². The minimum Gasteiger partial charge on any atom is -1.00 e. The molecule has 8 aromatic rings. The Kier molecular flexibility index (Phi) is 44.3. The number of ether oxygens (including phenoxy) is 11. The Hall–Kier alpha value is -8.90. The molecule has 0 aromatic heterocycles. The summed E-state index contributed by atoms with van der Waals surface area (Å²) in [5.41, 5.74) is 7.27. The molecule has 0 spiro atoms. The number of aliphatic hydroxyl groups excluding tert-OH is 7. The first-order chi connectivity index (χ1) is 56.2. The van der Waals surface area contributed by atoms with E-state index in [1.807, 2.05) is 196 Å². The molecule has 5 heterocycles. The third kappa shape index (κ3) is 32.9. The van der Waals surface area contributed by atoms with Crippen LogP contribution in [0.25, 0.3) is 0 Å². The van der Waals surface area contributed by atoms with Crippen molar-refractivity contribution in [3.05, 3.63) is 321 Å². The van der Waals surface area contributed by atoms with Crippen LogP contribution in [0.3, 0.4) is 0 Å². The first-order valence-corrected chi connectivity index (χ1v) is 39.0. The van der Waals surface area contributed by atoms with Crippen LogP contribution >= 0.6 is 10.7 Å². The fraction of sp³-hybridized carbons (Fsp3) is 0.253. The van der Waals surface area contributed by atoms with Gasteiger partial charge in [-0.2, -0.15) is 13.7 Å². The standard InChI is InChI=1S/C27H26O8S.C20H20O6.C20H18O5.C7H7ClO2S.C6H8O6.C2H3N.CH2O3.2K.H/c1-19-12-14-22(15-13-19)36(30,31)34-18-23(28)24-25(32-16-20-8-4-2-5-9-20)26(27(29)35-24)33-17-21-10-6-3-7-11-21;21-11-16(22)17-18(24-12-14-7-3-1-4-8-14)19(20(23)26-17)25-13-15-9-5-2-6-10-15;21-20-19(24-12-15-9-5-2-6-10-15)18(17(25-20)16-13-22-16)23-11-14-7-3-1-4-8-14;1-6-2-4-7(5-3-6)11(8,9)10;7-1-2(8)5-3(9)4(10)6(11)12-5;1-2-3;2-1-4-3;;;/h2-15,23-24,28H,16-18H2,1H3;1-10,16-17,21-22H,11-13H2;1-10,16-17H,11-13H2;2-5H,1H3;2,5,7-10H,1H2;1H3;1,3H;;;/q;;;;;;;2*+1;-1/p-1/t23-,24+;2*16-,17+;;2-,5+;;;;;/m000.0...../s1. The van der Waals surface area contributed by atoms with Gasteiger partial charge in [0.1, 0.15) is 64.1 Å². The van der Waals surface area contributed by atoms with Gasteiger partial charge in [0.15, 0.2) is 47.5 Å². The molecule has 7 N–H and O–H groups in total. The van der Waals surface area contributed by atoms with Gasteiger partial charge in [0.05, 0.1) is 42.3 Å². The fourth-order valence-corrected chi connectivity index (χ4v) is 11.9. The second-order valence-electron chi connectivity index (χ2n) is 24.9. The van der Waals surface area contributed by atoms with Crippen molar-refractivity contribution >= 4 is 60.2 Å². The summed E-state index contributed by atoms with van der Waals surface area (Å²) in [6, 6.07) is 70.8. The number of carbonyl (C=O) groups is 5. The molecular weight excluding hydrogens is 1670 g/mol. The smallest absolute Gasteiger partial charge is 1.00 e. The summed E-state index contributed by atoms with van der Waals surface area (Å²) in [6.07, 6.45) is -8.67. The number of benzene rings is 8. The number of cyclic esters (lactones) is 4. The van der Waals surface area contributed by atoms with Gasteiger partial charge in [-0.1, -0.05) is 217 Å². The number of aryl methyl sites for hydroxylation is 2. The maximum absolute atomic E-state index is 12.6. The zero-order valence-electron chi connectivity index (χ0n) is 65.9. The van der Waals surface area contributed by atoms with E-state index in [0.29, 0.717) is 19.0 Å². The molecule has 31 nitrogen and oxygen atoms in total. The van der Waals surface area contributed by atoms with Crippen LogP contribution in [0.2, 0.25) is 0 Å². The van der Waals surface area contributed by atoms with E-state index in [9.17, 15) is 51.3 Å². The van der Waals surface area contributed by atoms with Crippen molar-refractivity contribution < 1.29 is 247 Å². The zero-order chi connectivity index (χ0) is 84.9. The molecule has 0 unspecified atom stereocenters. The van der Waals surface area contributed by atoms with Crippen molar-refractivity contribution in [3.63, 3.8) is 0 Å². The van der Waals surface area contributed by atoms with Crippen molar-refractivity contribution in [2.24, 2.45) is 0 Å². The quantitative estimate of drug-likeness (QED) is 0.00390. The molecule has 119 heavy (non-hydrogen) atoms. The summed E-state index contributed by atoms with van der Waals surface area (Å²) in [4.78, 5) is 58.9. The van der Waals surface area contributed by atoms with Crippen LogP contribution in [0.15, 0.2) is 286 Å². The summed E-state index contributed by atoms with van der Waals surface area (Å²) in [6.45, 7) is 4.74. The number of rotatable bonds is 30. The van der Waals surface area contributed by atoms with Crippen molar-refractivity contribution in [2.45, 2.75) is 119 Å². The molecule has 622 valence electrons. The van der Waals surface area contributed by atoms with E-state index in [0.717, 1.165) is 44.5 Å². The Morgan fingerprint density at radius 3 is 1.07 bits per heavy atom. The van der Waals surface area contributed by atoms with Crippen molar-refractivity contribution in [2.75, 3.05) is 26.4 Å². The second-order valence-corrected chi connectivity index (χ2v) is 29.1. The molecule has 5 aliphatic rings. The SMILES string of the molecule is CC#N.Cc1ccc(S(=O)(=O)Cl)cc1.Cc1ccc(S(=O)(=O)OC[C@H](O)[C@H]2OC(=O)C(OCc3ccccc3)=C2OCc2ccccc2)cc1.O=C1O[C@H]([C@@H](O)CO)C(O)=C1O.O=C1O[C@H]([C@@H](O)CO)C(OCc2ccccc2)=C1OCc1ccccc1.O=C1O[C@H]([C@@H]2CO2)C(OCc2ccccc2)=C1OCc1ccccc1.O=CO[O-].[H-].[K+].[K+]. The number of nitriles is 1. The molecule has 8 atom stereocenters. The van der Waals surface area contributed by atoms with Crippen molar-refractivity contribution in [3.8, 4) is 6.07 Å². The van der Waals surface area contributed by atoms with Crippen LogP contribution in [0, 0.1) is 25.2 Å². The molecule has 36 heteroatoms. The Balaban J connectivity index is 0.000000323. The number of esters is 4. The van der Waals surface area contributed by atoms with Gasteiger partial charge in [-0.05, 0) is 71.5 Å². The van der Waals surface area contributed by atoms with Gasteiger partial charge < -0.3 is 99.4 Å². The average molecular weight is 1750 g/mol. The summed E-state index contributed by atoms with van der Waals surface area (Å²) in [5.74, 6) is -4.45. The Labute approximate surface area is 776 Å². The molecule has 0 amide bonds. The minimum absolute atomic E-state index is 0. The number of nitrogens with zero attached hydrogens (tertiary/aromatic N) is 1. The normalized spacial score (nSPS) is 17.4. The maximum Gasteiger partial charge on any atom is 1.00 e. The summed E-state index contributed by atoms with van der Waals surface area (Å²) in [7, 11) is -2.60.